The van der Waals surface area contributed by atoms with Gasteiger partial charge in [0.15, 0.2) is 4.90 Å². The third kappa shape index (κ3) is 2.76. The van der Waals surface area contributed by atoms with Crippen molar-refractivity contribution in [2.75, 3.05) is 13.1 Å². The average Bonchev–Trinajstić information content (AvgIpc) is 2.38. The fraction of sp³-hybridized carbons (Fsp3) is 0.500. The molecule has 104 valence electrons. The summed E-state index contributed by atoms with van der Waals surface area (Å²) in [4.78, 5) is 10.1. The van der Waals surface area contributed by atoms with Crippen LogP contribution in [0.25, 0.3) is 0 Å². The summed E-state index contributed by atoms with van der Waals surface area (Å²) in [6, 6.07) is 5.50. The van der Waals surface area contributed by atoms with Crippen molar-refractivity contribution in [1.29, 1.82) is 0 Å². The Kier molecular flexibility index (Phi) is 3.86. The maximum Gasteiger partial charge on any atom is 0.289 e. The first-order chi connectivity index (χ1) is 8.93. The summed E-state index contributed by atoms with van der Waals surface area (Å²) < 4.78 is 26.3. The van der Waals surface area contributed by atoms with Crippen molar-refractivity contribution in [3.8, 4) is 0 Å². The molecule has 2 rings (SSSR count). The fourth-order valence-corrected chi connectivity index (χ4v) is 4.09. The van der Waals surface area contributed by atoms with Crippen molar-refractivity contribution >= 4 is 15.7 Å². The van der Waals surface area contributed by atoms with Gasteiger partial charge >= 0.3 is 0 Å². The van der Waals surface area contributed by atoms with Crippen LogP contribution in [0.1, 0.15) is 19.8 Å². The zero-order chi connectivity index (χ0) is 14.0. The highest BCUT2D eigenvalue weighted by molar-refractivity contribution is 7.89. The highest BCUT2D eigenvalue weighted by Crippen LogP contribution is 2.29. The predicted molar refractivity (Wildman–Crippen MR) is 70.3 cm³/mol. The molecule has 0 saturated carbocycles. The zero-order valence-electron chi connectivity index (χ0n) is 10.7. The number of hydrogen-bond donors (Lipinski definition) is 0. The molecule has 0 aliphatic carbocycles. The largest absolute Gasteiger partial charge is 0.289 e. The monoisotopic (exact) mass is 284 g/mol. The van der Waals surface area contributed by atoms with Gasteiger partial charge in [-0.3, -0.25) is 10.1 Å². The van der Waals surface area contributed by atoms with Gasteiger partial charge in [-0.1, -0.05) is 19.1 Å². The zero-order valence-corrected chi connectivity index (χ0v) is 11.5. The number of piperidine rings is 1. The molecule has 1 aromatic carbocycles. The molecule has 0 N–H and O–H groups in total. The Morgan fingerprint density at radius 2 is 2.05 bits per heavy atom. The predicted octanol–water partition coefficient (Wildman–Crippen LogP) is 2.02. The van der Waals surface area contributed by atoms with E-state index in [9.17, 15) is 18.5 Å². The van der Waals surface area contributed by atoms with Crippen molar-refractivity contribution in [3.63, 3.8) is 0 Å². The highest BCUT2D eigenvalue weighted by atomic mass is 32.2. The second-order valence-corrected chi connectivity index (χ2v) is 6.74. The Labute approximate surface area is 112 Å². The molecular weight excluding hydrogens is 268 g/mol. The minimum Gasteiger partial charge on any atom is -0.258 e. The summed E-state index contributed by atoms with van der Waals surface area (Å²) in [6.07, 6.45) is 1.78. The Hall–Kier alpha value is -1.47. The molecule has 0 aromatic heterocycles. The molecule has 6 nitrogen and oxygen atoms in total. The number of nitro groups is 1. The lowest BCUT2D eigenvalue weighted by Crippen LogP contribution is -2.39. The molecule has 0 radical (unpaired) electrons. The molecule has 1 heterocycles. The first-order valence-electron chi connectivity index (χ1n) is 6.16. The second kappa shape index (κ2) is 5.26. The van der Waals surface area contributed by atoms with Gasteiger partial charge in [0.2, 0.25) is 10.0 Å². The van der Waals surface area contributed by atoms with E-state index in [0.717, 1.165) is 12.8 Å². The molecule has 0 bridgehead atoms. The molecule has 1 atom stereocenters. The summed E-state index contributed by atoms with van der Waals surface area (Å²) in [5.74, 6) is 0.284. The number of rotatable bonds is 3. The lowest BCUT2D eigenvalue weighted by atomic mass is 10.0. The maximum absolute atomic E-state index is 12.5. The Bertz CT molecular complexity index is 585. The van der Waals surface area contributed by atoms with E-state index in [-0.39, 0.29) is 16.5 Å². The van der Waals surface area contributed by atoms with E-state index < -0.39 is 14.9 Å². The van der Waals surface area contributed by atoms with Gasteiger partial charge in [-0.15, -0.1) is 0 Å². The van der Waals surface area contributed by atoms with E-state index in [2.05, 4.69) is 0 Å². The molecule has 1 fully saturated rings. The summed E-state index contributed by atoms with van der Waals surface area (Å²) >= 11 is 0. The Morgan fingerprint density at radius 3 is 2.68 bits per heavy atom. The SMILES string of the molecule is C[C@H]1CCCN(S(=O)(=O)c2ccccc2[N+](=O)[O-])C1. The third-order valence-corrected chi connectivity index (χ3v) is 5.21. The van der Waals surface area contributed by atoms with Gasteiger partial charge in [0, 0.05) is 19.2 Å². The molecular formula is C12H16N2O4S. The van der Waals surface area contributed by atoms with Gasteiger partial charge in [0.25, 0.3) is 5.69 Å². The van der Waals surface area contributed by atoms with Crippen LogP contribution in [0.4, 0.5) is 5.69 Å². The summed E-state index contributed by atoms with van der Waals surface area (Å²) in [7, 11) is -3.78. The number of sulfonamides is 1. The van der Waals surface area contributed by atoms with E-state index in [1.54, 1.807) is 0 Å². The van der Waals surface area contributed by atoms with Crippen LogP contribution in [-0.2, 0) is 10.0 Å². The van der Waals surface area contributed by atoms with E-state index >= 15 is 0 Å². The minimum absolute atomic E-state index is 0.214. The fourth-order valence-electron chi connectivity index (χ4n) is 2.33. The number of hydrogen-bond acceptors (Lipinski definition) is 4. The molecule has 1 saturated heterocycles. The summed E-state index contributed by atoms with van der Waals surface area (Å²) in [5.41, 5.74) is -0.360. The molecule has 19 heavy (non-hydrogen) atoms. The molecule has 0 spiro atoms. The minimum atomic E-state index is -3.78. The van der Waals surface area contributed by atoms with Gasteiger partial charge in [0.05, 0.1) is 4.92 Å². The van der Waals surface area contributed by atoms with Gasteiger partial charge < -0.3 is 0 Å². The van der Waals surface area contributed by atoms with Gasteiger partial charge in [0.1, 0.15) is 0 Å². The lowest BCUT2D eigenvalue weighted by molar-refractivity contribution is -0.387. The van der Waals surface area contributed by atoms with E-state index in [1.807, 2.05) is 6.92 Å². The van der Waals surface area contributed by atoms with Gasteiger partial charge in [-0.05, 0) is 24.8 Å². The topological polar surface area (TPSA) is 80.5 Å². The first kappa shape index (κ1) is 14.0. The smallest absolute Gasteiger partial charge is 0.258 e. The van der Waals surface area contributed by atoms with Crippen molar-refractivity contribution < 1.29 is 13.3 Å². The van der Waals surface area contributed by atoms with Crippen LogP contribution in [0.15, 0.2) is 29.2 Å². The Balaban J connectivity index is 2.42. The maximum atomic E-state index is 12.5. The van der Waals surface area contributed by atoms with Crippen molar-refractivity contribution in [2.24, 2.45) is 5.92 Å². The number of nitrogens with zero attached hydrogens (tertiary/aromatic N) is 2. The van der Waals surface area contributed by atoms with E-state index in [0.29, 0.717) is 13.1 Å². The molecule has 7 heteroatoms. The number of para-hydroxylation sites is 1. The number of nitro benzene ring substituents is 1. The van der Waals surface area contributed by atoms with Crippen LogP contribution in [0.3, 0.4) is 0 Å². The van der Waals surface area contributed by atoms with E-state index in [1.165, 1.54) is 28.6 Å². The van der Waals surface area contributed by atoms with Crippen molar-refractivity contribution in [1.82, 2.24) is 4.31 Å². The van der Waals surface area contributed by atoms with Crippen molar-refractivity contribution in [3.05, 3.63) is 34.4 Å². The van der Waals surface area contributed by atoms with Crippen LogP contribution >= 0.6 is 0 Å². The molecule has 1 aromatic rings. The lowest BCUT2D eigenvalue weighted by Gasteiger charge is -2.29. The summed E-state index contributed by atoms with van der Waals surface area (Å²) in [6.45, 7) is 2.84. The van der Waals surface area contributed by atoms with Crippen LogP contribution in [0.5, 0.6) is 0 Å². The van der Waals surface area contributed by atoms with Gasteiger partial charge in [-0.2, -0.15) is 4.31 Å². The van der Waals surface area contributed by atoms with Gasteiger partial charge in [-0.25, -0.2) is 8.42 Å². The molecule has 1 aliphatic rings. The molecule has 0 amide bonds. The first-order valence-corrected chi connectivity index (χ1v) is 7.60. The van der Waals surface area contributed by atoms with Crippen LogP contribution in [0, 0.1) is 16.0 Å². The molecule has 1 aliphatic heterocycles. The van der Waals surface area contributed by atoms with Crippen molar-refractivity contribution in [2.45, 2.75) is 24.7 Å². The van der Waals surface area contributed by atoms with E-state index in [4.69, 9.17) is 0 Å². The molecule has 0 unspecified atom stereocenters. The third-order valence-electron chi connectivity index (χ3n) is 3.30. The quantitative estimate of drug-likeness (QED) is 0.628. The summed E-state index contributed by atoms with van der Waals surface area (Å²) in [5, 5.41) is 10.9. The normalized spacial score (nSPS) is 21.2. The van der Waals surface area contributed by atoms with Crippen LogP contribution in [-0.4, -0.2) is 30.7 Å². The standard InChI is InChI=1S/C12H16N2O4S/c1-10-5-4-8-13(9-10)19(17,18)12-7-3-2-6-11(12)14(15)16/h2-3,6-7,10H,4-5,8-9H2,1H3/t10-/m0/s1. The second-order valence-electron chi connectivity index (χ2n) is 4.84. The highest BCUT2D eigenvalue weighted by Gasteiger charge is 2.33. The number of benzene rings is 1. The van der Waals surface area contributed by atoms with Crippen LogP contribution in [0.2, 0.25) is 0 Å². The average molecular weight is 284 g/mol. The Morgan fingerprint density at radius 1 is 1.37 bits per heavy atom. The van der Waals surface area contributed by atoms with Crippen LogP contribution < -0.4 is 0 Å².